The van der Waals surface area contributed by atoms with Crippen LogP contribution in [-0.2, 0) is 11.3 Å². The van der Waals surface area contributed by atoms with E-state index in [1.807, 2.05) is 32.0 Å². The number of hydrogen-bond donors (Lipinski definition) is 1. The number of aryl methyl sites for hydroxylation is 1. The van der Waals surface area contributed by atoms with E-state index in [0.29, 0.717) is 22.4 Å². The van der Waals surface area contributed by atoms with Crippen LogP contribution in [-0.4, -0.2) is 18.6 Å². The fourth-order valence-electron chi connectivity index (χ4n) is 2.76. The summed E-state index contributed by atoms with van der Waals surface area (Å²) in [4.78, 5) is 12.8. The molecule has 0 aliphatic carbocycles. The number of carbonyl (C=O) groups is 1. The van der Waals surface area contributed by atoms with Gasteiger partial charge in [-0.25, -0.2) is 0 Å². The van der Waals surface area contributed by atoms with Gasteiger partial charge in [-0.2, -0.15) is 8.78 Å². The van der Waals surface area contributed by atoms with E-state index in [9.17, 15) is 13.6 Å². The predicted molar refractivity (Wildman–Crippen MR) is 102 cm³/mol. The Morgan fingerprint density at radius 2 is 1.93 bits per heavy atom. The van der Waals surface area contributed by atoms with Crippen molar-refractivity contribution in [3.05, 3.63) is 59.4 Å². The highest BCUT2D eigenvalue weighted by atomic mass is 19.3. The standard InChI is InChI=1S/C21H21F2NO4/c1-12(2)26-11-16-15-6-4-5-7-17(15)27-19(16)20(25)24-14-9-8-13(3)18(10-14)28-21(22)23/h4-10,12,21H,11H2,1-3H3,(H,24,25). The monoisotopic (exact) mass is 389 g/mol. The molecule has 2 aromatic carbocycles. The summed E-state index contributed by atoms with van der Waals surface area (Å²) in [6, 6.07) is 11.8. The quantitative estimate of drug-likeness (QED) is 0.578. The van der Waals surface area contributed by atoms with Gasteiger partial charge in [0.05, 0.1) is 12.7 Å². The summed E-state index contributed by atoms with van der Waals surface area (Å²) < 4.78 is 41.0. The van der Waals surface area contributed by atoms with Gasteiger partial charge >= 0.3 is 6.61 Å². The first-order valence-corrected chi connectivity index (χ1v) is 8.84. The fourth-order valence-corrected chi connectivity index (χ4v) is 2.76. The van der Waals surface area contributed by atoms with Crippen LogP contribution >= 0.6 is 0 Å². The smallest absolute Gasteiger partial charge is 0.387 e. The Morgan fingerprint density at radius 3 is 2.64 bits per heavy atom. The number of fused-ring (bicyclic) bond motifs is 1. The van der Waals surface area contributed by atoms with E-state index in [1.165, 1.54) is 6.07 Å². The maximum absolute atomic E-state index is 12.8. The van der Waals surface area contributed by atoms with E-state index < -0.39 is 12.5 Å². The summed E-state index contributed by atoms with van der Waals surface area (Å²) in [6.07, 6.45) is -0.0178. The predicted octanol–water partition coefficient (Wildman–Crippen LogP) is 5.52. The van der Waals surface area contributed by atoms with Crippen LogP contribution in [0.2, 0.25) is 0 Å². The highest BCUT2D eigenvalue weighted by Gasteiger charge is 2.21. The van der Waals surface area contributed by atoms with Gasteiger partial charge in [-0.3, -0.25) is 4.79 Å². The average Bonchev–Trinajstić information content (AvgIpc) is 3.01. The van der Waals surface area contributed by atoms with Crippen LogP contribution in [0.5, 0.6) is 5.75 Å². The van der Waals surface area contributed by atoms with Gasteiger partial charge in [0.1, 0.15) is 11.3 Å². The lowest BCUT2D eigenvalue weighted by atomic mass is 10.1. The second kappa shape index (κ2) is 8.39. The number of halogens is 2. The molecule has 0 saturated carbocycles. The summed E-state index contributed by atoms with van der Waals surface area (Å²) in [6.45, 7) is 2.71. The minimum absolute atomic E-state index is 0.000714. The van der Waals surface area contributed by atoms with Gasteiger partial charge in [-0.1, -0.05) is 24.3 Å². The summed E-state index contributed by atoms with van der Waals surface area (Å²) in [5.74, 6) is -0.370. The SMILES string of the molecule is Cc1ccc(NC(=O)c2oc3ccccc3c2COC(C)C)cc1OC(F)F. The molecule has 148 valence electrons. The van der Waals surface area contributed by atoms with E-state index in [1.54, 1.807) is 25.1 Å². The molecule has 1 aromatic heterocycles. The molecule has 7 heteroatoms. The number of nitrogens with one attached hydrogen (secondary N) is 1. The molecule has 3 aromatic rings. The molecule has 5 nitrogen and oxygen atoms in total. The zero-order valence-electron chi connectivity index (χ0n) is 15.8. The summed E-state index contributed by atoms with van der Waals surface area (Å²) >= 11 is 0. The van der Waals surface area contributed by atoms with Crippen LogP contribution in [0.15, 0.2) is 46.9 Å². The first-order valence-electron chi connectivity index (χ1n) is 8.84. The molecule has 0 aliphatic heterocycles. The number of amides is 1. The fraction of sp³-hybridized carbons (Fsp3) is 0.286. The number of anilines is 1. The van der Waals surface area contributed by atoms with Crippen LogP contribution in [0.3, 0.4) is 0 Å². The molecule has 28 heavy (non-hydrogen) atoms. The molecule has 0 atom stereocenters. The van der Waals surface area contributed by atoms with Gasteiger partial charge in [-0.05, 0) is 38.5 Å². The van der Waals surface area contributed by atoms with Crippen molar-refractivity contribution in [2.45, 2.75) is 40.1 Å². The first kappa shape index (κ1) is 19.8. The second-order valence-electron chi connectivity index (χ2n) is 6.58. The summed E-state index contributed by atoms with van der Waals surface area (Å²) in [5, 5.41) is 3.47. The molecule has 0 saturated heterocycles. The molecule has 1 amide bonds. The Bertz CT molecular complexity index is 982. The van der Waals surface area contributed by atoms with Crippen LogP contribution < -0.4 is 10.1 Å². The number of ether oxygens (including phenoxy) is 2. The molecule has 1 heterocycles. The van der Waals surface area contributed by atoms with Gasteiger partial charge in [0.2, 0.25) is 0 Å². The molecule has 1 N–H and O–H groups in total. The zero-order chi connectivity index (χ0) is 20.3. The van der Waals surface area contributed by atoms with Gasteiger partial charge in [-0.15, -0.1) is 0 Å². The lowest BCUT2D eigenvalue weighted by Crippen LogP contribution is -2.14. The third kappa shape index (κ3) is 4.48. The zero-order valence-corrected chi connectivity index (χ0v) is 15.8. The molecule has 0 fully saturated rings. The van der Waals surface area contributed by atoms with Crippen LogP contribution in [0.1, 0.15) is 35.5 Å². The van der Waals surface area contributed by atoms with Crippen molar-refractivity contribution in [1.82, 2.24) is 0 Å². The minimum Gasteiger partial charge on any atom is -0.451 e. The van der Waals surface area contributed by atoms with Gasteiger partial charge < -0.3 is 19.2 Å². The van der Waals surface area contributed by atoms with Crippen molar-refractivity contribution < 1.29 is 27.5 Å². The van der Waals surface area contributed by atoms with E-state index in [0.717, 1.165) is 5.39 Å². The summed E-state index contributed by atoms with van der Waals surface area (Å²) in [7, 11) is 0. The number of benzene rings is 2. The molecule has 3 rings (SSSR count). The Labute approximate surface area is 161 Å². The maximum atomic E-state index is 12.8. The largest absolute Gasteiger partial charge is 0.451 e. The van der Waals surface area contributed by atoms with E-state index in [2.05, 4.69) is 10.1 Å². The third-order valence-corrected chi connectivity index (χ3v) is 4.13. The minimum atomic E-state index is -2.94. The third-order valence-electron chi connectivity index (χ3n) is 4.13. The van der Waals surface area contributed by atoms with Crippen molar-refractivity contribution in [2.24, 2.45) is 0 Å². The van der Waals surface area contributed by atoms with Crippen molar-refractivity contribution in [2.75, 3.05) is 5.32 Å². The Morgan fingerprint density at radius 1 is 1.18 bits per heavy atom. The second-order valence-corrected chi connectivity index (χ2v) is 6.58. The van der Waals surface area contributed by atoms with Gasteiger partial charge in [0, 0.05) is 22.7 Å². The van der Waals surface area contributed by atoms with Crippen molar-refractivity contribution in [1.29, 1.82) is 0 Å². The van der Waals surface area contributed by atoms with Crippen molar-refractivity contribution in [3.63, 3.8) is 0 Å². The number of para-hydroxylation sites is 1. The lowest BCUT2D eigenvalue weighted by molar-refractivity contribution is -0.0502. The Hall–Kier alpha value is -2.93. The molecular formula is C21H21F2NO4. The van der Waals surface area contributed by atoms with Crippen LogP contribution in [0.25, 0.3) is 11.0 Å². The molecule has 0 aliphatic rings. The van der Waals surface area contributed by atoms with Crippen molar-refractivity contribution >= 4 is 22.6 Å². The van der Waals surface area contributed by atoms with Crippen LogP contribution in [0.4, 0.5) is 14.5 Å². The number of alkyl halides is 2. The number of carbonyl (C=O) groups excluding carboxylic acids is 1. The van der Waals surface area contributed by atoms with Gasteiger partial charge in [0.15, 0.2) is 5.76 Å². The Kier molecular flexibility index (Phi) is 5.94. The van der Waals surface area contributed by atoms with E-state index >= 15 is 0 Å². The summed E-state index contributed by atoms with van der Waals surface area (Å²) in [5.41, 5.74) is 2.06. The average molecular weight is 389 g/mol. The van der Waals surface area contributed by atoms with Crippen molar-refractivity contribution in [3.8, 4) is 5.75 Å². The number of hydrogen-bond acceptors (Lipinski definition) is 4. The normalized spacial score (nSPS) is 11.4. The Balaban J connectivity index is 1.90. The van der Waals surface area contributed by atoms with E-state index in [-0.39, 0.29) is 24.2 Å². The molecular weight excluding hydrogens is 368 g/mol. The maximum Gasteiger partial charge on any atom is 0.387 e. The molecule has 0 bridgehead atoms. The first-order chi connectivity index (χ1) is 13.3. The molecule has 0 radical (unpaired) electrons. The number of rotatable bonds is 7. The number of furan rings is 1. The topological polar surface area (TPSA) is 60.7 Å². The van der Waals surface area contributed by atoms with Crippen LogP contribution in [0, 0.1) is 6.92 Å². The lowest BCUT2D eigenvalue weighted by Gasteiger charge is -2.11. The van der Waals surface area contributed by atoms with Gasteiger partial charge in [0.25, 0.3) is 5.91 Å². The molecule has 0 spiro atoms. The van der Waals surface area contributed by atoms with E-state index in [4.69, 9.17) is 9.15 Å². The highest BCUT2D eigenvalue weighted by Crippen LogP contribution is 2.29. The highest BCUT2D eigenvalue weighted by molar-refractivity contribution is 6.06. The molecule has 0 unspecified atom stereocenters.